The number of anilines is 1. The quantitative estimate of drug-likeness (QED) is 0.842. The van der Waals surface area contributed by atoms with Crippen molar-refractivity contribution in [1.29, 1.82) is 0 Å². The molecule has 1 heterocycles. The van der Waals surface area contributed by atoms with Gasteiger partial charge in [-0.25, -0.2) is 0 Å². The van der Waals surface area contributed by atoms with Gasteiger partial charge in [0.1, 0.15) is 0 Å². The van der Waals surface area contributed by atoms with Crippen molar-refractivity contribution in [2.75, 3.05) is 37.7 Å². The number of rotatable bonds is 7. The molecule has 22 heavy (non-hydrogen) atoms. The molecule has 0 aromatic heterocycles. The topological polar surface area (TPSA) is 41.6 Å². The molecule has 0 unspecified atom stereocenters. The highest BCUT2D eigenvalue weighted by molar-refractivity contribution is 5.76. The summed E-state index contributed by atoms with van der Waals surface area (Å²) in [4.78, 5) is 14.1. The first-order valence-corrected chi connectivity index (χ1v) is 8.33. The van der Waals surface area contributed by atoms with Crippen LogP contribution >= 0.6 is 0 Å². The average Bonchev–Trinajstić information content (AvgIpc) is 2.54. The molecular weight excluding hydrogens is 276 g/mol. The lowest BCUT2D eigenvalue weighted by Crippen LogP contribution is -2.36. The van der Waals surface area contributed by atoms with Crippen molar-refractivity contribution in [2.24, 2.45) is 5.92 Å². The van der Waals surface area contributed by atoms with E-state index in [9.17, 15) is 4.79 Å². The van der Waals surface area contributed by atoms with Crippen LogP contribution in [-0.2, 0) is 16.0 Å². The third kappa shape index (κ3) is 5.68. The molecule has 2 rings (SSSR count). The molecule has 0 saturated carbocycles. The van der Waals surface area contributed by atoms with Gasteiger partial charge >= 0.3 is 0 Å². The summed E-state index contributed by atoms with van der Waals surface area (Å²) in [6.45, 7) is 8.64. The second-order valence-corrected chi connectivity index (χ2v) is 6.30. The number of morpholine rings is 1. The zero-order valence-electron chi connectivity index (χ0n) is 13.8. The molecule has 0 bridgehead atoms. The Kier molecular flexibility index (Phi) is 6.72. The van der Waals surface area contributed by atoms with Gasteiger partial charge in [-0.15, -0.1) is 0 Å². The van der Waals surface area contributed by atoms with Gasteiger partial charge in [-0.3, -0.25) is 4.79 Å². The molecule has 4 nitrogen and oxygen atoms in total. The monoisotopic (exact) mass is 304 g/mol. The summed E-state index contributed by atoms with van der Waals surface area (Å²) in [5, 5.41) is 2.99. The Balaban J connectivity index is 1.73. The number of nitrogens with one attached hydrogen (secondary N) is 1. The van der Waals surface area contributed by atoms with Crippen molar-refractivity contribution in [1.82, 2.24) is 5.32 Å². The molecule has 122 valence electrons. The maximum Gasteiger partial charge on any atom is 0.220 e. The van der Waals surface area contributed by atoms with E-state index >= 15 is 0 Å². The average molecular weight is 304 g/mol. The number of nitrogens with zero attached hydrogens (tertiary/aromatic N) is 1. The molecule has 1 amide bonds. The predicted octanol–water partition coefficient (Wildman–Crippen LogP) is 2.62. The molecule has 0 radical (unpaired) electrons. The minimum absolute atomic E-state index is 0.151. The van der Waals surface area contributed by atoms with Gasteiger partial charge in [0.05, 0.1) is 13.2 Å². The standard InChI is InChI=1S/C18H28N2O2/c1-15(2)9-10-19-18(21)8-5-16-3-6-17(7-4-16)20-11-13-22-14-12-20/h3-4,6-7,15H,5,8-14H2,1-2H3,(H,19,21). The minimum atomic E-state index is 0.151. The number of ether oxygens (including phenoxy) is 1. The fraction of sp³-hybridized carbons (Fsp3) is 0.611. The molecule has 1 aliphatic heterocycles. The van der Waals surface area contributed by atoms with Crippen molar-refractivity contribution in [3.63, 3.8) is 0 Å². The Hall–Kier alpha value is -1.55. The molecule has 1 aliphatic rings. The van der Waals surface area contributed by atoms with Crippen LogP contribution in [0.2, 0.25) is 0 Å². The zero-order chi connectivity index (χ0) is 15.8. The molecule has 1 aromatic rings. The van der Waals surface area contributed by atoms with Crippen LogP contribution in [0.5, 0.6) is 0 Å². The van der Waals surface area contributed by atoms with Crippen molar-refractivity contribution in [3.8, 4) is 0 Å². The van der Waals surface area contributed by atoms with Crippen molar-refractivity contribution >= 4 is 11.6 Å². The third-order valence-corrected chi connectivity index (χ3v) is 4.00. The Labute approximate surface area is 133 Å². The molecule has 0 spiro atoms. The van der Waals surface area contributed by atoms with E-state index in [0.717, 1.165) is 45.7 Å². The van der Waals surface area contributed by atoms with E-state index in [1.807, 2.05) is 0 Å². The Bertz CT molecular complexity index is 451. The first-order valence-electron chi connectivity index (χ1n) is 8.33. The van der Waals surface area contributed by atoms with Crippen molar-refractivity contribution < 1.29 is 9.53 Å². The highest BCUT2D eigenvalue weighted by atomic mass is 16.5. The molecular formula is C18H28N2O2. The minimum Gasteiger partial charge on any atom is -0.378 e. The fourth-order valence-corrected chi connectivity index (χ4v) is 2.54. The van der Waals surface area contributed by atoms with Crippen LogP contribution in [0.1, 0.15) is 32.3 Å². The lowest BCUT2D eigenvalue weighted by Gasteiger charge is -2.28. The summed E-state index contributed by atoms with van der Waals surface area (Å²) in [6, 6.07) is 8.56. The number of carbonyl (C=O) groups is 1. The second-order valence-electron chi connectivity index (χ2n) is 6.30. The Morgan fingerprint density at radius 1 is 1.23 bits per heavy atom. The highest BCUT2D eigenvalue weighted by Crippen LogP contribution is 2.17. The molecule has 1 saturated heterocycles. The molecule has 1 N–H and O–H groups in total. The molecule has 0 atom stereocenters. The highest BCUT2D eigenvalue weighted by Gasteiger charge is 2.11. The summed E-state index contributed by atoms with van der Waals surface area (Å²) >= 11 is 0. The van der Waals surface area contributed by atoms with Gasteiger partial charge in [-0.1, -0.05) is 26.0 Å². The fourth-order valence-electron chi connectivity index (χ4n) is 2.54. The van der Waals surface area contributed by atoms with Crippen LogP contribution in [-0.4, -0.2) is 38.8 Å². The lowest BCUT2D eigenvalue weighted by molar-refractivity contribution is -0.121. The Morgan fingerprint density at radius 3 is 2.55 bits per heavy atom. The van der Waals surface area contributed by atoms with E-state index in [0.29, 0.717) is 12.3 Å². The number of amides is 1. The SMILES string of the molecule is CC(C)CCNC(=O)CCc1ccc(N2CCOCC2)cc1. The predicted molar refractivity (Wildman–Crippen MR) is 90.3 cm³/mol. The summed E-state index contributed by atoms with van der Waals surface area (Å²) in [6.07, 6.45) is 2.41. The van der Waals surface area contributed by atoms with Crippen molar-refractivity contribution in [3.05, 3.63) is 29.8 Å². The molecule has 1 aromatic carbocycles. The molecule has 1 fully saturated rings. The second kappa shape index (κ2) is 8.79. The molecule has 0 aliphatic carbocycles. The van der Waals surface area contributed by atoms with Gasteiger partial charge in [0.15, 0.2) is 0 Å². The number of aryl methyl sites for hydroxylation is 1. The first-order chi connectivity index (χ1) is 10.6. The van der Waals surface area contributed by atoms with E-state index in [1.54, 1.807) is 0 Å². The lowest BCUT2D eigenvalue weighted by atomic mass is 10.1. The van der Waals surface area contributed by atoms with Gasteiger partial charge in [-0.2, -0.15) is 0 Å². The number of carbonyl (C=O) groups excluding carboxylic acids is 1. The van der Waals surface area contributed by atoms with Gasteiger partial charge in [0, 0.05) is 31.7 Å². The zero-order valence-corrected chi connectivity index (χ0v) is 13.8. The van der Waals surface area contributed by atoms with Gasteiger partial charge in [-0.05, 0) is 36.5 Å². The van der Waals surface area contributed by atoms with Crippen LogP contribution in [0.3, 0.4) is 0 Å². The van der Waals surface area contributed by atoms with Crippen LogP contribution < -0.4 is 10.2 Å². The summed E-state index contributed by atoms with van der Waals surface area (Å²) in [5.74, 6) is 0.783. The van der Waals surface area contributed by atoms with Gasteiger partial charge < -0.3 is 15.0 Å². The first kappa shape index (κ1) is 16.8. The van der Waals surface area contributed by atoms with Gasteiger partial charge in [0.25, 0.3) is 0 Å². The maximum atomic E-state index is 11.8. The number of hydrogen-bond acceptors (Lipinski definition) is 3. The largest absolute Gasteiger partial charge is 0.378 e. The van der Waals surface area contributed by atoms with Crippen LogP contribution in [0.15, 0.2) is 24.3 Å². The molecule has 4 heteroatoms. The van der Waals surface area contributed by atoms with Crippen LogP contribution in [0.4, 0.5) is 5.69 Å². The third-order valence-electron chi connectivity index (χ3n) is 4.00. The van der Waals surface area contributed by atoms with Gasteiger partial charge in [0.2, 0.25) is 5.91 Å². The van der Waals surface area contributed by atoms with E-state index in [2.05, 4.69) is 48.3 Å². The van der Waals surface area contributed by atoms with E-state index in [1.165, 1.54) is 11.3 Å². The summed E-state index contributed by atoms with van der Waals surface area (Å²) in [5.41, 5.74) is 2.46. The number of benzene rings is 1. The summed E-state index contributed by atoms with van der Waals surface area (Å²) < 4.78 is 5.37. The smallest absolute Gasteiger partial charge is 0.220 e. The van der Waals surface area contributed by atoms with E-state index in [4.69, 9.17) is 4.74 Å². The van der Waals surface area contributed by atoms with Crippen LogP contribution in [0, 0.1) is 5.92 Å². The normalized spacial score (nSPS) is 15.1. The van der Waals surface area contributed by atoms with Crippen molar-refractivity contribution in [2.45, 2.75) is 33.1 Å². The summed E-state index contributed by atoms with van der Waals surface area (Å²) in [7, 11) is 0. The maximum absolute atomic E-state index is 11.8. The van der Waals surface area contributed by atoms with E-state index < -0.39 is 0 Å². The van der Waals surface area contributed by atoms with E-state index in [-0.39, 0.29) is 5.91 Å². The van der Waals surface area contributed by atoms with Crippen LogP contribution in [0.25, 0.3) is 0 Å². The number of hydrogen-bond donors (Lipinski definition) is 1. The Morgan fingerprint density at radius 2 is 1.91 bits per heavy atom.